The normalized spacial score (nSPS) is 23.4. The number of likely N-dealkylation sites (tertiary alicyclic amines) is 1. The Morgan fingerprint density at radius 1 is 1.08 bits per heavy atom. The van der Waals surface area contributed by atoms with Gasteiger partial charge < -0.3 is 0 Å². The van der Waals surface area contributed by atoms with E-state index in [1.807, 2.05) is 0 Å². The maximum absolute atomic E-state index is 14.4. The van der Waals surface area contributed by atoms with Crippen LogP contribution in [0.25, 0.3) is 16.9 Å². The van der Waals surface area contributed by atoms with Crippen LogP contribution in [0.2, 0.25) is 0 Å². The van der Waals surface area contributed by atoms with Gasteiger partial charge in [0.1, 0.15) is 5.52 Å². The molecule has 1 atom stereocenters. The molecule has 3 aromatic rings. The number of fused-ring (bicyclic) bond motifs is 2. The summed E-state index contributed by atoms with van der Waals surface area (Å²) in [6.45, 7) is 2.62. The second-order valence-corrected chi connectivity index (χ2v) is 15.5. The topological polar surface area (TPSA) is 69.2 Å². The zero-order valence-electron chi connectivity index (χ0n) is 20.1. The average Bonchev–Trinajstić information content (AvgIpc) is 3.40. The third kappa shape index (κ3) is 4.70. The van der Waals surface area contributed by atoms with Gasteiger partial charge in [0.05, 0.1) is 0 Å². The van der Waals surface area contributed by atoms with Crippen LogP contribution < -0.4 is 10.5 Å². The van der Waals surface area contributed by atoms with Gasteiger partial charge in [0, 0.05) is 11.9 Å². The van der Waals surface area contributed by atoms with Gasteiger partial charge in [-0.25, -0.2) is 9.97 Å². The number of rotatable bonds is 6. The molecule has 5 heterocycles. The van der Waals surface area contributed by atoms with Gasteiger partial charge in [-0.05, 0) is 12.1 Å². The van der Waals surface area contributed by atoms with Crippen LogP contribution in [-0.4, -0.2) is 59.3 Å². The van der Waals surface area contributed by atoms with E-state index in [-0.39, 0.29) is 26.5 Å². The fourth-order valence-electron chi connectivity index (χ4n) is 4.88. The molecule has 0 saturated carbocycles. The van der Waals surface area contributed by atoms with Gasteiger partial charge in [0.2, 0.25) is 0 Å². The Bertz CT molecular complexity index is 1410. The Morgan fingerprint density at radius 3 is 2.50 bits per heavy atom. The van der Waals surface area contributed by atoms with Crippen molar-refractivity contribution >= 4 is 31.0 Å². The molecule has 0 radical (unpaired) electrons. The SMILES string of the molecule is NC12C=C(CN3CCC(Oc4ccc(-n5c(C(F)(F)C(F)(F)F)nc6cccnc65)cc4)CC3)C=CI1C2. The van der Waals surface area contributed by atoms with Crippen molar-refractivity contribution < 1.29 is 26.7 Å². The number of nitrogens with two attached hydrogens (primary N) is 1. The number of imidazole rings is 1. The molecule has 0 bridgehead atoms. The van der Waals surface area contributed by atoms with E-state index < -0.39 is 37.7 Å². The molecule has 2 fully saturated rings. The molecule has 2 N–H and O–H groups in total. The van der Waals surface area contributed by atoms with Gasteiger partial charge in [-0.2, -0.15) is 22.0 Å². The second kappa shape index (κ2) is 9.26. The number of ether oxygens (including phenoxy) is 1. The van der Waals surface area contributed by atoms with E-state index in [9.17, 15) is 22.0 Å². The van der Waals surface area contributed by atoms with Crippen LogP contribution in [0.1, 0.15) is 18.7 Å². The van der Waals surface area contributed by atoms with Crippen LogP contribution in [0.3, 0.4) is 0 Å². The van der Waals surface area contributed by atoms with E-state index in [1.165, 1.54) is 40.5 Å². The zero-order chi connectivity index (χ0) is 26.7. The summed E-state index contributed by atoms with van der Waals surface area (Å²) < 4.78 is 78.8. The molecule has 0 aliphatic carbocycles. The second-order valence-electron chi connectivity index (χ2n) is 9.75. The number of piperidine rings is 1. The molecule has 3 aliphatic heterocycles. The molecular formula is C26H25F5IN5O. The monoisotopic (exact) mass is 645 g/mol. The van der Waals surface area contributed by atoms with Crippen LogP contribution in [-0.2, 0) is 5.92 Å². The van der Waals surface area contributed by atoms with Crippen LogP contribution in [0.4, 0.5) is 22.0 Å². The summed E-state index contributed by atoms with van der Waals surface area (Å²) in [5.74, 6) is -6.07. The molecule has 6 nitrogen and oxygen atoms in total. The van der Waals surface area contributed by atoms with Gasteiger partial charge in [-0.15, -0.1) is 0 Å². The summed E-state index contributed by atoms with van der Waals surface area (Å²) in [6, 6.07) is 8.80. The Hall–Kier alpha value is -2.58. The predicted molar refractivity (Wildman–Crippen MR) is 142 cm³/mol. The molecule has 2 aromatic heterocycles. The first-order valence-corrected chi connectivity index (χ1v) is 16.0. The predicted octanol–water partition coefficient (Wildman–Crippen LogP) is 5.55. The number of hydrogen-bond acceptors (Lipinski definition) is 5. The first-order chi connectivity index (χ1) is 18.0. The van der Waals surface area contributed by atoms with Crippen LogP contribution in [0.15, 0.2) is 64.4 Å². The van der Waals surface area contributed by atoms with Crippen molar-refractivity contribution in [2.24, 2.45) is 5.73 Å². The van der Waals surface area contributed by atoms with Crippen LogP contribution >= 0.6 is 19.8 Å². The standard InChI is InChI=1S/C26H25F5IN5O/c27-25(28,26(29,30)31)23-35-21-2-1-11-34-22(21)37(23)18-3-5-19(6-4-18)38-20-8-12-36(13-9-20)15-17-7-10-32-16-24(32,33)14-17/h1-7,10-11,14,20H,8-9,12-13,15-16,33H2. The maximum atomic E-state index is 14.4. The molecule has 202 valence electrons. The molecular weight excluding hydrogens is 620 g/mol. The summed E-state index contributed by atoms with van der Waals surface area (Å²) in [4.78, 5) is 9.97. The Balaban J connectivity index is 1.14. The molecule has 0 spiro atoms. The van der Waals surface area contributed by atoms with Crippen LogP contribution in [0, 0.1) is 0 Å². The number of aromatic nitrogens is 3. The van der Waals surface area contributed by atoms with Crippen molar-refractivity contribution in [3.8, 4) is 11.4 Å². The van der Waals surface area contributed by atoms with Crippen molar-refractivity contribution in [2.45, 2.75) is 34.6 Å². The number of benzene rings is 1. The van der Waals surface area contributed by atoms with E-state index in [1.54, 1.807) is 12.1 Å². The third-order valence-corrected chi connectivity index (χ3v) is 12.6. The quantitative estimate of drug-likeness (QED) is 0.165. The summed E-state index contributed by atoms with van der Waals surface area (Å²) >= 11 is -1.02. The molecule has 6 rings (SSSR count). The van der Waals surface area contributed by atoms with Crippen molar-refractivity contribution in [3.63, 3.8) is 0 Å². The Labute approximate surface area is 222 Å². The molecule has 3 aliphatic rings. The summed E-state index contributed by atoms with van der Waals surface area (Å²) in [6.07, 6.45) is 1.64. The van der Waals surface area contributed by atoms with Gasteiger partial charge in [-0.3, -0.25) is 4.57 Å². The number of nitrogens with zero attached hydrogens (tertiary/aromatic N) is 4. The van der Waals surface area contributed by atoms with Gasteiger partial charge in [-0.1, -0.05) is 0 Å². The molecule has 0 amide bonds. The Morgan fingerprint density at radius 2 is 1.82 bits per heavy atom. The van der Waals surface area contributed by atoms with Crippen LogP contribution in [0.5, 0.6) is 5.75 Å². The van der Waals surface area contributed by atoms with Gasteiger partial charge in [0.15, 0.2) is 11.5 Å². The van der Waals surface area contributed by atoms with E-state index in [0.717, 1.165) is 37.0 Å². The molecule has 38 heavy (non-hydrogen) atoms. The minimum atomic E-state index is -5.80. The third-order valence-electron chi connectivity index (χ3n) is 6.97. The van der Waals surface area contributed by atoms with Crippen molar-refractivity contribution in [1.82, 2.24) is 19.4 Å². The average molecular weight is 645 g/mol. The molecule has 1 unspecified atom stereocenters. The molecule has 2 saturated heterocycles. The number of hydrogen-bond donors (Lipinski definition) is 1. The zero-order valence-corrected chi connectivity index (χ0v) is 22.3. The number of halogens is 6. The van der Waals surface area contributed by atoms with Crippen molar-refractivity contribution in [1.29, 1.82) is 0 Å². The summed E-state index contributed by atoms with van der Waals surface area (Å²) in [7, 11) is 0. The van der Waals surface area contributed by atoms with Crippen molar-refractivity contribution in [2.75, 3.05) is 24.1 Å². The number of pyridine rings is 1. The van der Waals surface area contributed by atoms with E-state index in [2.05, 4.69) is 31.1 Å². The summed E-state index contributed by atoms with van der Waals surface area (Å²) in [5, 5.41) is 0. The first kappa shape index (κ1) is 25.7. The fraction of sp³-hybridized carbons (Fsp3) is 0.385. The van der Waals surface area contributed by atoms with E-state index >= 15 is 0 Å². The van der Waals surface area contributed by atoms with E-state index in [0.29, 0.717) is 5.75 Å². The minimum absolute atomic E-state index is 0.00404. The summed E-state index contributed by atoms with van der Waals surface area (Å²) in [5.41, 5.74) is 7.60. The molecule has 12 heteroatoms. The Kier molecular flexibility index (Phi) is 6.26. The van der Waals surface area contributed by atoms with Crippen molar-refractivity contribution in [3.05, 3.63) is 70.2 Å². The molecule has 1 aromatic carbocycles. The van der Waals surface area contributed by atoms with Gasteiger partial charge >= 0.3 is 146 Å². The fourth-order valence-corrected chi connectivity index (χ4v) is 9.95. The van der Waals surface area contributed by atoms with E-state index in [4.69, 9.17) is 10.5 Å². The number of alkyl halides is 7. The van der Waals surface area contributed by atoms with Gasteiger partial charge in [0.25, 0.3) is 0 Å². The first-order valence-electron chi connectivity index (χ1n) is 12.1.